The summed E-state index contributed by atoms with van der Waals surface area (Å²) in [4.78, 5) is 32.3. The first-order valence-corrected chi connectivity index (χ1v) is 12.3. The molecule has 2 aliphatic rings. The van der Waals surface area contributed by atoms with E-state index < -0.39 is 6.04 Å². The lowest BCUT2D eigenvalue weighted by molar-refractivity contribution is -0.120. The average Bonchev–Trinajstić information content (AvgIpc) is 3.57. The largest absolute Gasteiger partial charge is 0.328 e. The molecule has 2 heterocycles. The highest BCUT2D eigenvalue weighted by molar-refractivity contribution is 6.03. The summed E-state index contributed by atoms with van der Waals surface area (Å²) in [7, 11) is 0. The Morgan fingerprint density at radius 2 is 1.80 bits per heavy atom. The van der Waals surface area contributed by atoms with Crippen molar-refractivity contribution in [1.29, 1.82) is 0 Å². The van der Waals surface area contributed by atoms with E-state index in [1.807, 2.05) is 71.6 Å². The molecule has 1 aromatic heterocycles. The molecule has 1 aliphatic carbocycles. The maximum absolute atomic E-state index is 13.8. The molecule has 2 amide bonds. The number of benzene rings is 3. The van der Waals surface area contributed by atoms with Crippen molar-refractivity contribution in [2.24, 2.45) is 5.92 Å². The zero-order valence-corrected chi connectivity index (χ0v) is 19.4. The summed E-state index contributed by atoms with van der Waals surface area (Å²) in [6, 6.07) is 21.0. The van der Waals surface area contributed by atoms with E-state index in [-0.39, 0.29) is 17.9 Å². The zero-order chi connectivity index (χ0) is 23.8. The van der Waals surface area contributed by atoms with Gasteiger partial charge in [-0.1, -0.05) is 55.3 Å². The molecule has 6 rings (SSSR count). The molecule has 35 heavy (non-hydrogen) atoms. The number of hydrogen-bond acceptors (Lipinski definition) is 4. The smallest absolute Gasteiger partial charge is 0.254 e. The standard InChI is InChI=1S/C28H27N5O2/c34-27(31-23-10-5-9-21(15-23)26-29-17-30-32-26)25-16-20-8-3-4-11-24(20)33(25)28(35)22-13-12-18-6-1-2-7-19(18)14-22/h1-2,5-7,9-10,12-15,17,20,24-25H,3-4,8,11,16H2,(H,31,34)(H,29,30,32)/t20-,24-,25+/m1/s1. The number of carbonyl (C=O) groups excluding carboxylic acids is 2. The zero-order valence-electron chi connectivity index (χ0n) is 19.4. The van der Waals surface area contributed by atoms with Crippen LogP contribution in [0.5, 0.6) is 0 Å². The van der Waals surface area contributed by atoms with Crippen LogP contribution in [0.3, 0.4) is 0 Å². The minimum Gasteiger partial charge on any atom is -0.328 e. The molecule has 1 saturated carbocycles. The fraction of sp³-hybridized carbons (Fsp3) is 0.286. The van der Waals surface area contributed by atoms with Gasteiger partial charge >= 0.3 is 0 Å². The Morgan fingerprint density at radius 1 is 0.943 bits per heavy atom. The van der Waals surface area contributed by atoms with Crippen LogP contribution in [0.15, 0.2) is 73.1 Å². The summed E-state index contributed by atoms with van der Waals surface area (Å²) < 4.78 is 0. The average molecular weight is 466 g/mol. The van der Waals surface area contributed by atoms with Gasteiger partial charge in [-0.15, -0.1) is 10.2 Å². The minimum absolute atomic E-state index is 0.0549. The van der Waals surface area contributed by atoms with Crippen molar-refractivity contribution in [3.8, 4) is 11.4 Å². The van der Waals surface area contributed by atoms with Gasteiger partial charge in [0, 0.05) is 22.9 Å². The Hall–Kier alpha value is -4.00. The molecule has 0 radical (unpaired) electrons. The van der Waals surface area contributed by atoms with Crippen molar-refractivity contribution in [2.45, 2.75) is 44.2 Å². The highest BCUT2D eigenvalue weighted by Crippen LogP contribution is 2.41. The SMILES string of the molecule is O=C(Nc1cccc(-c2nnc[nH]2)c1)[C@@H]1C[C@H]2CCCC[C@H]2N1C(=O)c1ccc2ccccc2c1. The lowest BCUT2D eigenvalue weighted by Gasteiger charge is -2.33. The summed E-state index contributed by atoms with van der Waals surface area (Å²) >= 11 is 0. The van der Waals surface area contributed by atoms with Gasteiger partial charge in [-0.25, -0.2) is 0 Å². The number of H-pyrrole nitrogens is 1. The molecule has 7 nitrogen and oxygen atoms in total. The van der Waals surface area contributed by atoms with Crippen molar-refractivity contribution in [2.75, 3.05) is 5.32 Å². The molecule has 7 heteroatoms. The van der Waals surface area contributed by atoms with Crippen molar-refractivity contribution in [3.05, 3.63) is 78.6 Å². The van der Waals surface area contributed by atoms with Crippen LogP contribution in [0.4, 0.5) is 5.69 Å². The maximum atomic E-state index is 13.8. The van der Waals surface area contributed by atoms with Gasteiger partial charge in [-0.2, -0.15) is 0 Å². The third kappa shape index (κ3) is 4.07. The molecule has 2 N–H and O–H groups in total. The van der Waals surface area contributed by atoms with Gasteiger partial charge < -0.3 is 15.2 Å². The Morgan fingerprint density at radius 3 is 2.66 bits per heavy atom. The molecule has 3 atom stereocenters. The van der Waals surface area contributed by atoms with Crippen molar-refractivity contribution >= 4 is 28.3 Å². The number of carbonyl (C=O) groups is 2. The number of anilines is 1. The van der Waals surface area contributed by atoms with E-state index in [2.05, 4.69) is 20.5 Å². The molecule has 1 aliphatic heterocycles. The molecule has 3 aromatic carbocycles. The van der Waals surface area contributed by atoms with E-state index >= 15 is 0 Å². The van der Waals surface area contributed by atoms with Gasteiger partial charge in [-0.3, -0.25) is 9.59 Å². The first kappa shape index (κ1) is 21.5. The molecule has 4 aromatic rings. The molecule has 2 fully saturated rings. The topological polar surface area (TPSA) is 91.0 Å². The van der Waals surface area contributed by atoms with Crippen LogP contribution in [0.25, 0.3) is 22.2 Å². The Kier molecular flexibility index (Phi) is 5.52. The second-order valence-corrected chi connectivity index (χ2v) is 9.55. The lowest BCUT2D eigenvalue weighted by Crippen LogP contribution is -2.47. The molecule has 0 bridgehead atoms. The Balaban J connectivity index is 1.29. The molecular weight excluding hydrogens is 438 g/mol. The summed E-state index contributed by atoms with van der Waals surface area (Å²) in [5.74, 6) is 0.814. The van der Waals surface area contributed by atoms with Crippen molar-refractivity contribution in [3.63, 3.8) is 0 Å². The van der Waals surface area contributed by atoms with Gasteiger partial charge in [-0.05, 0) is 60.2 Å². The normalized spacial score (nSPS) is 21.6. The van der Waals surface area contributed by atoms with Crippen LogP contribution in [0.1, 0.15) is 42.5 Å². The molecule has 1 saturated heterocycles. The fourth-order valence-corrected chi connectivity index (χ4v) is 5.77. The monoisotopic (exact) mass is 465 g/mol. The molecular formula is C28H27N5O2. The summed E-state index contributed by atoms with van der Waals surface area (Å²) in [6.07, 6.45) is 6.50. The number of nitrogens with one attached hydrogen (secondary N) is 2. The number of amides is 2. The third-order valence-corrected chi connectivity index (χ3v) is 7.44. The number of hydrogen-bond donors (Lipinski definition) is 2. The fourth-order valence-electron chi connectivity index (χ4n) is 5.77. The quantitative estimate of drug-likeness (QED) is 0.442. The molecule has 0 spiro atoms. The molecule has 0 unspecified atom stereocenters. The lowest BCUT2D eigenvalue weighted by atomic mass is 9.84. The van der Waals surface area contributed by atoms with Crippen LogP contribution in [-0.2, 0) is 4.79 Å². The number of nitrogens with zero attached hydrogens (tertiary/aromatic N) is 3. The van der Waals surface area contributed by atoms with Gasteiger partial charge in [0.2, 0.25) is 5.91 Å². The summed E-state index contributed by atoms with van der Waals surface area (Å²) in [6.45, 7) is 0. The van der Waals surface area contributed by atoms with Gasteiger partial charge in [0.25, 0.3) is 5.91 Å². The van der Waals surface area contributed by atoms with Crippen LogP contribution in [-0.4, -0.2) is 44.0 Å². The van der Waals surface area contributed by atoms with Crippen LogP contribution in [0.2, 0.25) is 0 Å². The van der Waals surface area contributed by atoms with Crippen LogP contribution >= 0.6 is 0 Å². The van der Waals surface area contributed by atoms with Crippen LogP contribution < -0.4 is 5.32 Å². The highest BCUT2D eigenvalue weighted by Gasteiger charge is 2.47. The second-order valence-electron chi connectivity index (χ2n) is 9.55. The van der Waals surface area contributed by atoms with Crippen molar-refractivity contribution in [1.82, 2.24) is 20.1 Å². The predicted octanol–water partition coefficient (Wildman–Crippen LogP) is 5.04. The van der Waals surface area contributed by atoms with Crippen LogP contribution in [0, 0.1) is 5.92 Å². The van der Waals surface area contributed by atoms with E-state index in [9.17, 15) is 9.59 Å². The highest BCUT2D eigenvalue weighted by atomic mass is 16.2. The number of likely N-dealkylation sites (tertiary alicyclic amines) is 1. The molecule has 176 valence electrons. The van der Waals surface area contributed by atoms with E-state index in [0.29, 0.717) is 29.4 Å². The van der Waals surface area contributed by atoms with E-state index in [1.165, 1.54) is 6.33 Å². The number of aromatic nitrogens is 3. The maximum Gasteiger partial charge on any atom is 0.254 e. The van der Waals surface area contributed by atoms with Gasteiger partial charge in [0.05, 0.1) is 0 Å². The first-order chi connectivity index (χ1) is 17.2. The number of fused-ring (bicyclic) bond motifs is 2. The summed E-state index contributed by atoms with van der Waals surface area (Å²) in [5, 5.41) is 13.1. The predicted molar refractivity (Wildman–Crippen MR) is 135 cm³/mol. The Bertz CT molecular complexity index is 1380. The van der Waals surface area contributed by atoms with E-state index in [0.717, 1.165) is 42.0 Å². The van der Waals surface area contributed by atoms with Gasteiger partial charge in [0.1, 0.15) is 12.4 Å². The second kappa shape index (κ2) is 8.98. The third-order valence-electron chi connectivity index (χ3n) is 7.44. The number of aromatic amines is 1. The Labute approximate surface area is 203 Å². The number of rotatable bonds is 4. The minimum atomic E-state index is -0.490. The summed E-state index contributed by atoms with van der Waals surface area (Å²) in [5.41, 5.74) is 2.15. The first-order valence-electron chi connectivity index (χ1n) is 12.3. The van der Waals surface area contributed by atoms with E-state index in [4.69, 9.17) is 0 Å². The van der Waals surface area contributed by atoms with Gasteiger partial charge in [0.15, 0.2) is 5.82 Å². The van der Waals surface area contributed by atoms with Crippen molar-refractivity contribution < 1.29 is 9.59 Å². The van der Waals surface area contributed by atoms with E-state index in [1.54, 1.807) is 0 Å².